The first-order chi connectivity index (χ1) is 7.61. The van der Waals surface area contributed by atoms with E-state index in [9.17, 15) is 4.79 Å². The lowest BCUT2D eigenvalue weighted by Gasteiger charge is -2.11. The van der Waals surface area contributed by atoms with E-state index < -0.39 is 5.60 Å². The summed E-state index contributed by atoms with van der Waals surface area (Å²) < 4.78 is 10.5. The normalized spacial score (nSPS) is 27.6. The van der Waals surface area contributed by atoms with Gasteiger partial charge in [0, 0.05) is 0 Å². The Morgan fingerprint density at radius 1 is 1.44 bits per heavy atom. The maximum absolute atomic E-state index is 11.9. The average molecular weight is 220 g/mol. The van der Waals surface area contributed by atoms with Crippen molar-refractivity contribution in [2.24, 2.45) is 0 Å². The Bertz CT molecular complexity index is 396. The maximum atomic E-state index is 11.9. The first-order valence-corrected chi connectivity index (χ1v) is 5.53. The summed E-state index contributed by atoms with van der Waals surface area (Å²) in [4.78, 5) is 11.9. The first kappa shape index (κ1) is 11.1. The zero-order chi connectivity index (χ0) is 11.8. The van der Waals surface area contributed by atoms with Crippen molar-refractivity contribution in [3.8, 4) is 0 Å². The van der Waals surface area contributed by atoms with Crippen molar-refractivity contribution in [1.29, 1.82) is 0 Å². The van der Waals surface area contributed by atoms with E-state index in [1.807, 2.05) is 38.1 Å². The highest BCUT2D eigenvalue weighted by Crippen LogP contribution is 2.47. The van der Waals surface area contributed by atoms with Crippen LogP contribution in [0.25, 0.3) is 0 Å². The van der Waals surface area contributed by atoms with Crippen LogP contribution in [-0.2, 0) is 19.9 Å². The minimum Gasteiger partial charge on any atom is -0.464 e. The Morgan fingerprint density at radius 2 is 2.00 bits per heavy atom. The highest BCUT2D eigenvalue weighted by Gasteiger charge is 2.62. The first-order valence-electron chi connectivity index (χ1n) is 5.53. The third-order valence-electron chi connectivity index (χ3n) is 2.94. The quantitative estimate of drug-likeness (QED) is 0.579. The molecule has 0 radical (unpaired) electrons. The highest BCUT2D eigenvalue weighted by atomic mass is 16.7. The summed E-state index contributed by atoms with van der Waals surface area (Å²) in [5.74, 6) is -0.286. The number of hydrogen-bond acceptors (Lipinski definition) is 3. The predicted molar refractivity (Wildman–Crippen MR) is 60.0 cm³/mol. The van der Waals surface area contributed by atoms with Crippen LogP contribution in [-0.4, -0.2) is 18.7 Å². The molecule has 1 aromatic rings. The van der Waals surface area contributed by atoms with Gasteiger partial charge in [-0.25, -0.2) is 4.79 Å². The molecule has 2 rings (SSSR count). The number of esters is 1. The van der Waals surface area contributed by atoms with Crippen molar-refractivity contribution in [2.45, 2.75) is 32.5 Å². The molecule has 1 aromatic carbocycles. The van der Waals surface area contributed by atoms with Gasteiger partial charge in [-0.05, 0) is 26.3 Å². The van der Waals surface area contributed by atoms with E-state index in [1.54, 1.807) is 6.92 Å². The summed E-state index contributed by atoms with van der Waals surface area (Å²) in [6.45, 7) is 6.07. The molecule has 0 spiro atoms. The van der Waals surface area contributed by atoms with E-state index in [0.29, 0.717) is 6.61 Å². The van der Waals surface area contributed by atoms with E-state index in [-0.39, 0.29) is 12.1 Å². The lowest BCUT2D eigenvalue weighted by Crippen LogP contribution is -2.26. The minimum atomic E-state index is -0.857. The van der Waals surface area contributed by atoms with Crippen LogP contribution in [0, 0.1) is 6.92 Å². The molecule has 0 amide bonds. The Kier molecular flexibility index (Phi) is 2.72. The fraction of sp³-hybridized carbons (Fsp3) is 0.462. The van der Waals surface area contributed by atoms with Gasteiger partial charge in [-0.15, -0.1) is 0 Å². The fourth-order valence-corrected chi connectivity index (χ4v) is 1.92. The van der Waals surface area contributed by atoms with Gasteiger partial charge in [0.05, 0.1) is 6.61 Å². The standard InChI is InChI=1S/C13H16O3/c1-4-15-12(14)13(10(3)16-13)11-7-5-9(2)6-8-11/h5-8,10H,4H2,1-3H3. The second kappa shape index (κ2) is 3.91. The molecule has 3 nitrogen and oxygen atoms in total. The topological polar surface area (TPSA) is 38.8 Å². The molecule has 1 saturated heterocycles. The van der Waals surface area contributed by atoms with Crippen LogP contribution in [0.5, 0.6) is 0 Å². The van der Waals surface area contributed by atoms with Gasteiger partial charge < -0.3 is 9.47 Å². The van der Waals surface area contributed by atoms with Gasteiger partial charge in [-0.3, -0.25) is 0 Å². The predicted octanol–water partition coefficient (Wildman–Crippen LogP) is 2.17. The zero-order valence-electron chi connectivity index (χ0n) is 9.82. The van der Waals surface area contributed by atoms with Crippen molar-refractivity contribution >= 4 is 5.97 Å². The van der Waals surface area contributed by atoms with Crippen LogP contribution in [0.2, 0.25) is 0 Å². The number of aryl methyl sites for hydroxylation is 1. The van der Waals surface area contributed by atoms with Crippen molar-refractivity contribution in [3.05, 3.63) is 35.4 Å². The highest BCUT2D eigenvalue weighted by molar-refractivity contribution is 5.85. The molecule has 86 valence electrons. The number of carbonyl (C=O) groups excluding carboxylic acids is 1. The fourth-order valence-electron chi connectivity index (χ4n) is 1.92. The lowest BCUT2D eigenvalue weighted by molar-refractivity contribution is -0.149. The molecule has 0 aliphatic carbocycles. The monoisotopic (exact) mass is 220 g/mol. The number of rotatable bonds is 3. The van der Waals surface area contributed by atoms with Crippen LogP contribution >= 0.6 is 0 Å². The molecule has 0 aromatic heterocycles. The van der Waals surface area contributed by atoms with E-state index in [2.05, 4.69) is 0 Å². The Balaban J connectivity index is 2.29. The van der Waals surface area contributed by atoms with Crippen LogP contribution in [0.3, 0.4) is 0 Å². The summed E-state index contributed by atoms with van der Waals surface area (Å²) in [7, 11) is 0. The molecular formula is C13H16O3. The molecule has 0 saturated carbocycles. The maximum Gasteiger partial charge on any atom is 0.345 e. The molecule has 1 aliphatic heterocycles. The molecule has 0 bridgehead atoms. The molecule has 1 heterocycles. The van der Waals surface area contributed by atoms with Crippen LogP contribution < -0.4 is 0 Å². The SMILES string of the molecule is CCOC(=O)C1(c2ccc(C)cc2)OC1C. The summed E-state index contributed by atoms with van der Waals surface area (Å²) in [6.07, 6.45) is -0.103. The molecule has 2 atom stereocenters. The number of hydrogen-bond donors (Lipinski definition) is 0. The van der Waals surface area contributed by atoms with Crippen LogP contribution in [0.4, 0.5) is 0 Å². The van der Waals surface area contributed by atoms with Gasteiger partial charge in [0.15, 0.2) is 0 Å². The molecule has 1 fully saturated rings. The lowest BCUT2D eigenvalue weighted by atomic mass is 9.95. The van der Waals surface area contributed by atoms with Gasteiger partial charge in [-0.1, -0.05) is 29.8 Å². The van der Waals surface area contributed by atoms with Crippen molar-refractivity contribution < 1.29 is 14.3 Å². The summed E-state index contributed by atoms with van der Waals surface area (Å²) in [5, 5.41) is 0. The van der Waals surface area contributed by atoms with Gasteiger partial charge in [-0.2, -0.15) is 0 Å². The van der Waals surface area contributed by atoms with E-state index in [4.69, 9.17) is 9.47 Å². The zero-order valence-corrected chi connectivity index (χ0v) is 9.82. The summed E-state index contributed by atoms with van der Waals surface area (Å²) >= 11 is 0. The molecule has 16 heavy (non-hydrogen) atoms. The van der Waals surface area contributed by atoms with E-state index >= 15 is 0 Å². The molecule has 0 N–H and O–H groups in total. The van der Waals surface area contributed by atoms with Crippen LogP contribution in [0.1, 0.15) is 25.0 Å². The summed E-state index contributed by atoms with van der Waals surface area (Å²) in [5.41, 5.74) is 1.18. The number of ether oxygens (including phenoxy) is 2. The number of benzene rings is 1. The van der Waals surface area contributed by atoms with Gasteiger partial charge >= 0.3 is 5.97 Å². The van der Waals surface area contributed by atoms with Crippen LogP contribution in [0.15, 0.2) is 24.3 Å². The molecular weight excluding hydrogens is 204 g/mol. The number of carbonyl (C=O) groups is 1. The largest absolute Gasteiger partial charge is 0.464 e. The Labute approximate surface area is 95.4 Å². The van der Waals surface area contributed by atoms with Crippen molar-refractivity contribution in [3.63, 3.8) is 0 Å². The van der Waals surface area contributed by atoms with E-state index in [0.717, 1.165) is 11.1 Å². The van der Waals surface area contributed by atoms with E-state index in [1.165, 1.54) is 0 Å². The van der Waals surface area contributed by atoms with Gasteiger partial charge in [0.25, 0.3) is 0 Å². The Morgan fingerprint density at radius 3 is 2.44 bits per heavy atom. The third kappa shape index (κ3) is 1.61. The van der Waals surface area contributed by atoms with Crippen molar-refractivity contribution in [2.75, 3.05) is 6.61 Å². The second-order valence-electron chi connectivity index (χ2n) is 4.08. The van der Waals surface area contributed by atoms with Gasteiger partial charge in [0.1, 0.15) is 6.10 Å². The minimum absolute atomic E-state index is 0.103. The van der Waals surface area contributed by atoms with Crippen molar-refractivity contribution in [1.82, 2.24) is 0 Å². The average Bonchev–Trinajstić information content (AvgIpc) is 2.93. The summed E-state index contributed by atoms with van der Waals surface area (Å²) in [6, 6.07) is 7.81. The Hall–Kier alpha value is -1.35. The molecule has 3 heteroatoms. The smallest absolute Gasteiger partial charge is 0.345 e. The second-order valence-corrected chi connectivity index (χ2v) is 4.08. The molecule has 1 aliphatic rings. The van der Waals surface area contributed by atoms with Gasteiger partial charge in [0.2, 0.25) is 5.60 Å². The molecule has 2 unspecified atom stereocenters. The number of epoxide rings is 1. The third-order valence-corrected chi connectivity index (χ3v) is 2.94.